The molecule has 0 unspecified atom stereocenters. The Morgan fingerprint density at radius 3 is 1.63 bits per heavy atom. The van der Waals surface area contributed by atoms with Crippen molar-refractivity contribution in [2.45, 2.75) is 5.41 Å². The van der Waals surface area contributed by atoms with Gasteiger partial charge in [0.2, 0.25) is 0 Å². The van der Waals surface area contributed by atoms with Gasteiger partial charge in [0.1, 0.15) is 0 Å². The van der Waals surface area contributed by atoms with Gasteiger partial charge in [-0.15, -0.1) is 11.3 Å². The van der Waals surface area contributed by atoms with Gasteiger partial charge in [0.05, 0.1) is 5.41 Å². The van der Waals surface area contributed by atoms with Crippen molar-refractivity contribution in [1.29, 1.82) is 0 Å². The van der Waals surface area contributed by atoms with Gasteiger partial charge in [-0.3, -0.25) is 0 Å². The lowest BCUT2D eigenvalue weighted by atomic mass is 9.70. The van der Waals surface area contributed by atoms with Gasteiger partial charge in [-0.2, -0.15) is 0 Å². The zero-order chi connectivity index (χ0) is 20.0. The van der Waals surface area contributed by atoms with Crippen molar-refractivity contribution < 1.29 is 0 Å². The fraction of sp³-hybridized carbons (Fsp3) is 0.0345. The van der Waals surface area contributed by atoms with Gasteiger partial charge in [0.15, 0.2) is 0 Å². The topological polar surface area (TPSA) is 0 Å². The minimum atomic E-state index is -0.312. The molecule has 1 aromatic heterocycles. The fourth-order valence-corrected chi connectivity index (χ4v) is 6.22. The van der Waals surface area contributed by atoms with Gasteiger partial charge in [0.25, 0.3) is 0 Å². The first-order valence-corrected chi connectivity index (χ1v) is 11.2. The smallest absolute Gasteiger partial charge is 0.0813 e. The zero-order valence-electron chi connectivity index (χ0n) is 16.5. The van der Waals surface area contributed by atoms with Gasteiger partial charge in [-0.25, -0.2) is 0 Å². The van der Waals surface area contributed by atoms with E-state index >= 15 is 0 Å². The maximum absolute atomic E-state index is 2.32. The summed E-state index contributed by atoms with van der Waals surface area (Å²) in [5, 5.41) is 2.24. The highest BCUT2D eigenvalue weighted by atomic mass is 32.1. The van der Waals surface area contributed by atoms with Crippen molar-refractivity contribution in [3.05, 3.63) is 142 Å². The summed E-state index contributed by atoms with van der Waals surface area (Å²) in [7, 11) is 0. The summed E-state index contributed by atoms with van der Waals surface area (Å²) in [6.45, 7) is 0. The monoisotopic (exact) mass is 400 g/mol. The van der Waals surface area contributed by atoms with Crippen LogP contribution in [-0.4, -0.2) is 0 Å². The quantitative estimate of drug-likeness (QED) is 0.284. The molecule has 0 saturated heterocycles. The third-order valence-corrected chi connectivity index (χ3v) is 7.28. The van der Waals surface area contributed by atoms with Crippen molar-refractivity contribution in [1.82, 2.24) is 0 Å². The first kappa shape index (κ1) is 17.4. The molecule has 6 rings (SSSR count). The molecule has 0 nitrogen and oxygen atoms in total. The molecule has 0 aliphatic heterocycles. The maximum Gasteiger partial charge on any atom is 0.0813 e. The average Bonchev–Trinajstić information content (AvgIpc) is 3.42. The highest BCUT2D eigenvalue weighted by Gasteiger charge is 2.47. The third kappa shape index (κ3) is 2.33. The number of thiophene rings is 1. The molecule has 1 aliphatic carbocycles. The average molecular weight is 401 g/mol. The zero-order valence-corrected chi connectivity index (χ0v) is 17.3. The number of hydrogen-bond donors (Lipinski definition) is 0. The molecular weight excluding hydrogens is 380 g/mol. The van der Waals surface area contributed by atoms with E-state index in [2.05, 4.69) is 121 Å². The lowest BCUT2D eigenvalue weighted by molar-refractivity contribution is 0.789. The molecule has 5 aromatic rings. The molecule has 4 aromatic carbocycles. The molecule has 30 heavy (non-hydrogen) atoms. The van der Waals surface area contributed by atoms with Crippen LogP contribution in [0.2, 0.25) is 0 Å². The van der Waals surface area contributed by atoms with Crippen LogP contribution in [-0.2, 0) is 5.41 Å². The van der Waals surface area contributed by atoms with Crippen LogP contribution in [0.1, 0.15) is 21.6 Å². The molecule has 0 radical (unpaired) electrons. The van der Waals surface area contributed by atoms with E-state index in [1.807, 2.05) is 11.3 Å². The molecule has 1 heteroatoms. The van der Waals surface area contributed by atoms with Crippen LogP contribution < -0.4 is 0 Å². The summed E-state index contributed by atoms with van der Waals surface area (Å²) in [6, 6.07) is 41.9. The van der Waals surface area contributed by atoms with Gasteiger partial charge < -0.3 is 0 Å². The van der Waals surface area contributed by atoms with Crippen LogP contribution in [0.4, 0.5) is 0 Å². The van der Waals surface area contributed by atoms with E-state index in [1.54, 1.807) is 0 Å². The summed E-state index contributed by atoms with van der Waals surface area (Å²) < 4.78 is 0. The van der Waals surface area contributed by atoms with E-state index in [0.29, 0.717) is 0 Å². The summed E-state index contributed by atoms with van der Waals surface area (Å²) in [6.07, 6.45) is 0. The largest absolute Gasteiger partial charge is 0.147 e. The van der Waals surface area contributed by atoms with Gasteiger partial charge in [0, 0.05) is 4.88 Å². The molecule has 0 saturated carbocycles. The third-order valence-electron chi connectivity index (χ3n) is 6.25. The standard InChI is InChI=1S/C29H20S/c1-3-11-21(12-4-1)23-19-20-30-28(23)29(22-13-5-2-6-14-22)26-17-9-7-15-24(26)25-16-8-10-18-27(25)29/h1-20H. The summed E-state index contributed by atoms with van der Waals surface area (Å²) in [5.41, 5.74) is 9.01. The molecule has 142 valence electrons. The first-order chi connectivity index (χ1) is 14.9. The second-order valence-corrected chi connectivity index (χ2v) is 8.65. The number of fused-ring (bicyclic) bond motifs is 3. The predicted molar refractivity (Wildman–Crippen MR) is 127 cm³/mol. The lowest BCUT2D eigenvalue weighted by Gasteiger charge is -2.33. The SMILES string of the molecule is c1ccc(-c2ccsc2C2(c3ccccc3)c3ccccc3-c3ccccc32)cc1. The Bertz CT molecular complexity index is 1280. The maximum atomic E-state index is 2.32. The van der Waals surface area contributed by atoms with Gasteiger partial charge in [-0.05, 0) is 50.4 Å². The molecule has 0 spiro atoms. The van der Waals surface area contributed by atoms with Crippen LogP contribution >= 0.6 is 11.3 Å². The van der Waals surface area contributed by atoms with E-state index < -0.39 is 0 Å². The molecule has 0 atom stereocenters. The van der Waals surface area contributed by atoms with Crippen LogP contribution in [0, 0.1) is 0 Å². The highest BCUT2D eigenvalue weighted by Crippen LogP contribution is 2.58. The molecule has 0 amide bonds. The van der Waals surface area contributed by atoms with Crippen LogP contribution in [0.5, 0.6) is 0 Å². The van der Waals surface area contributed by atoms with Crippen molar-refractivity contribution in [2.24, 2.45) is 0 Å². The Hall–Kier alpha value is -3.42. The lowest BCUT2D eigenvalue weighted by Crippen LogP contribution is -2.28. The second kappa shape index (κ2) is 6.83. The molecule has 0 bridgehead atoms. The second-order valence-electron chi connectivity index (χ2n) is 7.74. The molecule has 0 fully saturated rings. The van der Waals surface area contributed by atoms with E-state index in [-0.39, 0.29) is 5.41 Å². The van der Waals surface area contributed by atoms with Crippen molar-refractivity contribution in [3.63, 3.8) is 0 Å². The highest BCUT2D eigenvalue weighted by molar-refractivity contribution is 7.10. The summed E-state index contributed by atoms with van der Waals surface area (Å²) >= 11 is 1.86. The van der Waals surface area contributed by atoms with Crippen LogP contribution in [0.3, 0.4) is 0 Å². The van der Waals surface area contributed by atoms with E-state index in [4.69, 9.17) is 0 Å². The van der Waals surface area contributed by atoms with Gasteiger partial charge in [-0.1, -0.05) is 109 Å². The molecular formula is C29H20S. The Labute approximate surface area is 181 Å². The summed E-state index contributed by atoms with van der Waals surface area (Å²) in [4.78, 5) is 1.39. The van der Waals surface area contributed by atoms with E-state index in [0.717, 1.165) is 0 Å². The summed E-state index contributed by atoms with van der Waals surface area (Å²) in [5.74, 6) is 0. The number of rotatable bonds is 3. The van der Waals surface area contributed by atoms with Crippen molar-refractivity contribution in [3.8, 4) is 22.3 Å². The first-order valence-electron chi connectivity index (χ1n) is 10.3. The molecule has 1 aliphatic rings. The van der Waals surface area contributed by atoms with Gasteiger partial charge >= 0.3 is 0 Å². The normalized spacial score (nSPS) is 13.6. The Morgan fingerprint density at radius 2 is 1.00 bits per heavy atom. The number of hydrogen-bond acceptors (Lipinski definition) is 1. The minimum Gasteiger partial charge on any atom is -0.147 e. The minimum absolute atomic E-state index is 0.312. The fourth-order valence-electron chi connectivity index (χ4n) is 5.05. The molecule has 0 N–H and O–H groups in total. The Morgan fingerprint density at radius 1 is 0.467 bits per heavy atom. The van der Waals surface area contributed by atoms with Crippen LogP contribution in [0.25, 0.3) is 22.3 Å². The van der Waals surface area contributed by atoms with E-state index in [9.17, 15) is 0 Å². The van der Waals surface area contributed by atoms with E-state index in [1.165, 1.54) is 43.8 Å². The van der Waals surface area contributed by atoms with Crippen molar-refractivity contribution >= 4 is 11.3 Å². The predicted octanol–water partition coefficient (Wildman–Crippen LogP) is 7.78. The Balaban J connectivity index is 1.78. The van der Waals surface area contributed by atoms with Crippen molar-refractivity contribution in [2.75, 3.05) is 0 Å². The number of benzene rings is 4. The molecule has 1 heterocycles. The Kier molecular flexibility index (Phi) is 3.97. The van der Waals surface area contributed by atoms with Crippen LogP contribution in [0.15, 0.2) is 121 Å².